The largest absolute Gasteiger partial charge is 0.300 e. The Bertz CT molecular complexity index is 269. The van der Waals surface area contributed by atoms with Gasteiger partial charge in [-0.1, -0.05) is 6.92 Å². The van der Waals surface area contributed by atoms with E-state index >= 15 is 0 Å². The van der Waals surface area contributed by atoms with Gasteiger partial charge in [-0.2, -0.15) is 0 Å². The van der Waals surface area contributed by atoms with E-state index in [1.165, 1.54) is 0 Å². The average Bonchev–Trinajstić information content (AvgIpc) is 2.75. The van der Waals surface area contributed by atoms with Gasteiger partial charge in [0.2, 0.25) is 0 Å². The molecule has 0 N–H and O–H groups in total. The predicted octanol–water partition coefficient (Wildman–Crippen LogP) is 1.97. The summed E-state index contributed by atoms with van der Waals surface area (Å²) in [6, 6.07) is 0. The molecule has 0 bridgehead atoms. The minimum atomic E-state index is -0.316. The van der Waals surface area contributed by atoms with E-state index in [-0.39, 0.29) is 11.2 Å². The maximum atomic E-state index is 11.9. The lowest BCUT2D eigenvalue weighted by Gasteiger charge is -2.30. The fraction of sp³-hybridized carbons (Fsp3) is 0.818. The number of ketones is 2. The van der Waals surface area contributed by atoms with Crippen molar-refractivity contribution >= 4 is 11.6 Å². The highest BCUT2D eigenvalue weighted by Gasteiger charge is 2.53. The van der Waals surface area contributed by atoms with Crippen molar-refractivity contribution in [3.63, 3.8) is 0 Å². The lowest BCUT2D eigenvalue weighted by molar-refractivity contribution is -0.135. The first kappa shape index (κ1) is 8.92. The van der Waals surface area contributed by atoms with Crippen molar-refractivity contribution in [2.24, 2.45) is 17.3 Å². The van der Waals surface area contributed by atoms with Crippen LogP contribution in [0.15, 0.2) is 0 Å². The molecule has 2 nitrogen and oxygen atoms in total. The molecule has 0 spiro atoms. The van der Waals surface area contributed by atoms with Crippen LogP contribution in [0, 0.1) is 17.3 Å². The van der Waals surface area contributed by atoms with Crippen LogP contribution < -0.4 is 0 Å². The molecule has 2 rings (SSSR count). The van der Waals surface area contributed by atoms with E-state index in [1.807, 2.05) is 6.92 Å². The van der Waals surface area contributed by atoms with Crippen LogP contribution in [0.25, 0.3) is 0 Å². The Morgan fingerprint density at radius 2 is 2.31 bits per heavy atom. The van der Waals surface area contributed by atoms with Gasteiger partial charge in [0.1, 0.15) is 11.6 Å². The minimum Gasteiger partial charge on any atom is -0.300 e. The van der Waals surface area contributed by atoms with Gasteiger partial charge in [-0.05, 0) is 32.1 Å². The number of rotatable bonds is 2. The zero-order valence-electron chi connectivity index (χ0n) is 8.30. The van der Waals surface area contributed by atoms with E-state index in [4.69, 9.17) is 0 Å². The first-order valence-electron chi connectivity index (χ1n) is 5.07. The summed E-state index contributed by atoms with van der Waals surface area (Å²) >= 11 is 0. The van der Waals surface area contributed by atoms with Crippen LogP contribution in [0.3, 0.4) is 0 Å². The Labute approximate surface area is 78.7 Å². The fourth-order valence-electron chi connectivity index (χ4n) is 2.69. The molecule has 0 aromatic rings. The van der Waals surface area contributed by atoms with Gasteiger partial charge >= 0.3 is 0 Å². The van der Waals surface area contributed by atoms with Gasteiger partial charge in [0, 0.05) is 17.8 Å². The van der Waals surface area contributed by atoms with E-state index in [0.29, 0.717) is 24.0 Å². The molecule has 0 saturated heterocycles. The quantitative estimate of drug-likeness (QED) is 0.651. The van der Waals surface area contributed by atoms with Crippen molar-refractivity contribution in [2.75, 3.05) is 0 Å². The second-order valence-electron chi connectivity index (χ2n) is 4.94. The Kier molecular flexibility index (Phi) is 1.83. The van der Waals surface area contributed by atoms with Gasteiger partial charge in [-0.25, -0.2) is 0 Å². The third-order valence-electron chi connectivity index (χ3n) is 3.56. The van der Waals surface area contributed by atoms with Crippen molar-refractivity contribution in [3.8, 4) is 0 Å². The lowest BCUT2D eigenvalue weighted by atomic mass is 9.71. The topological polar surface area (TPSA) is 34.1 Å². The van der Waals surface area contributed by atoms with Crippen LogP contribution in [0.4, 0.5) is 0 Å². The van der Waals surface area contributed by atoms with Gasteiger partial charge in [-0.3, -0.25) is 9.59 Å². The molecule has 72 valence electrons. The molecule has 2 heteroatoms. The lowest BCUT2D eigenvalue weighted by Crippen LogP contribution is -2.34. The van der Waals surface area contributed by atoms with Crippen LogP contribution in [0.5, 0.6) is 0 Å². The highest BCUT2D eigenvalue weighted by Crippen LogP contribution is 2.54. The summed E-state index contributed by atoms with van der Waals surface area (Å²) in [4.78, 5) is 22.9. The van der Waals surface area contributed by atoms with Crippen molar-refractivity contribution in [3.05, 3.63) is 0 Å². The molecule has 2 fully saturated rings. The van der Waals surface area contributed by atoms with E-state index in [9.17, 15) is 9.59 Å². The van der Waals surface area contributed by atoms with E-state index in [2.05, 4.69) is 0 Å². The number of hydrogen-bond donors (Lipinski definition) is 0. The third-order valence-corrected chi connectivity index (χ3v) is 3.56. The molecule has 0 amide bonds. The van der Waals surface area contributed by atoms with Crippen molar-refractivity contribution in [2.45, 2.75) is 39.5 Å². The summed E-state index contributed by atoms with van der Waals surface area (Å²) in [7, 11) is 0. The van der Waals surface area contributed by atoms with Crippen LogP contribution >= 0.6 is 0 Å². The van der Waals surface area contributed by atoms with Gasteiger partial charge in [0.15, 0.2) is 0 Å². The van der Waals surface area contributed by atoms with Gasteiger partial charge < -0.3 is 0 Å². The van der Waals surface area contributed by atoms with E-state index in [1.54, 1.807) is 6.92 Å². The Morgan fingerprint density at radius 1 is 1.62 bits per heavy atom. The number of hydrogen-bond acceptors (Lipinski definition) is 2. The molecule has 2 aliphatic carbocycles. The standard InChI is InChI=1S/C11H16O2/c1-7(12)6-11(2)4-3-8-5-9(8)10(11)13/h8-9H,3-6H2,1-2H3/t8-,9+,11+/m1/s1. The smallest absolute Gasteiger partial charge is 0.142 e. The summed E-state index contributed by atoms with van der Waals surface area (Å²) in [5, 5.41) is 0. The highest BCUT2D eigenvalue weighted by atomic mass is 16.1. The molecule has 0 heterocycles. The highest BCUT2D eigenvalue weighted by molar-refractivity contribution is 5.93. The molecule has 2 saturated carbocycles. The molecule has 0 unspecified atom stereocenters. The van der Waals surface area contributed by atoms with Crippen LogP contribution in [0.2, 0.25) is 0 Å². The normalized spacial score (nSPS) is 42.8. The van der Waals surface area contributed by atoms with Gasteiger partial charge in [0.25, 0.3) is 0 Å². The molecular weight excluding hydrogens is 164 g/mol. The summed E-state index contributed by atoms with van der Waals surface area (Å²) in [5.74, 6) is 1.50. The first-order valence-corrected chi connectivity index (χ1v) is 5.07. The number of fused-ring (bicyclic) bond motifs is 1. The molecule has 0 radical (unpaired) electrons. The van der Waals surface area contributed by atoms with Crippen molar-refractivity contribution < 1.29 is 9.59 Å². The Hall–Kier alpha value is -0.660. The monoisotopic (exact) mass is 180 g/mol. The van der Waals surface area contributed by atoms with Crippen LogP contribution in [0.1, 0.15) is 39.5 Å². The zero-order valence-corrected chi connectivity index (χ0v) is 8.30. The summed E-state index contributed by atoms with van der Waals surface area (Å²) in [6.07, 6.45) is 3.62. The second-order valence-corrected chi connectivity index (χ2v) is 4.94. The third kappa shape index (κ3) is 1.43. The average molecular weight is 180 g/mol. The number of Topliss-reactive ketones (excluding diaryl/α,β-unsaturated/α-hetero) is 2. The number of carbonyl (C=O) groups is 2. The molecule has 0 aromatic heterocycles. The van der Waals surface area contributed by atoms with Crippen molar-refractivity contribution in [1.82, 2.24) is 0 Å². The molecule has 0 aromatic carbocycles. The summed E-state index contributed by atoms with van der Waals surface area (Å²) in [6.45, 7) is 3.54. The van der Waals surface area contributed by atoms with Gasteiger partial charge in [-0.15, -0.1) is 0 Å². The maximum Gasteiger partial charge on any atom is 0.142 e. The molecule has 2 aliphatic rings. The van der Waals surface area contributed by atoms with Crippen LogP contribution in [-0.2, 0) is 9.59 Å². The minimum absolute atomic E-state index is 0.148. The second kappa shape index (κ2) is 2.66. The first-order chi connectivity index (χ1) is 6.03. The van der Waals surface area contributed by atoms with Gasteiger partial charge in [0.05, 0.1) is 0 Å². The fourth-order valence-corrected chi connectivity index (χ4v) is 2.69. The van der Waals surface area contributed by atoms with E-state index < -0.39 is 0 Å². The van der Waals surface area contributed by atoms with Crippen molar-refractivity contribution in [1.29, 1.82) is 0 Å². The Morgan fingerprint density at radius 3 is 2.92 bits per heavy atom. The number of carbonyl (C=O) groups excluding carboxylic acids is 2. The molecule has 0 aliphatic heterocycles. The molecule has 13 heavy (non-hydrogen) atoms. The van der Waals surface area contributed by atoms with E-state index in [0.717, 1.165) is 19.3 Å². The Balaban J connectivity index is 2.11. The molecular formula is C11H16O2. The predicted molar refractivity (Wildman–Crippen MR) is 49.2 cm³/mol. The zero-order chi connectivity index (χ0) is 9.64. The summed E-state index contributed by atoms with van der Waals surface area (Å²) in [5.41, 5.74) is -0.316. The molecule has 3 atom stereocenters. The summed E-state index contributed by atoms with van der Waals surface area (Å²) < 4.78 is 0. The maximum absolute atomic E-state index is 11.9. The van der Waals surface area contributed by atoms with Crippen LogP contribution in [-0.4, -0.2) is 11.6 Å². The SMILES string of the molecule is CC(=O)C[C@]1(C)CC[C@@H]2C[C@@H]2C1=O.